The maximum absolute atomic E-state index is 11.7. The Balaban J connectivity index is 2.21. The van der Waals surface area contributed by atoms with E-state index in [-0.39, 0.29) is 11.8 Å². The fourth-order valence-electron chi connectivity index (χ4n) is 1.90. The molecule has 1 saturated heterocycles. The van der Waals surface area contributed by atoms with Gasteiger partial charge in [0.05, 0.1) is 6.20 Å². The molecule has 4 nitrogen and oxygen atoms in total. The zero-order chi connectivity index (χ0) is 10.8. The summed E-state index contributed by atoms with van der Waals surface area (Å²) in [6.07, 6.45) is 2.28. The van der Waals surface area contributed by atoms with Crippen LogP contribution in [-0.4, -0.2) is 28.1 Å². The van der Waals surface area contributed by atoms with Crippen molar-refractivity contribution in [3.63, 3.8) is 0 Å². The largest absolute Gasteiger partial charge is 0.297 e. The SMILES string of the molecule is CCn1nccc1N1CC(CCl)CC1=O. The van der Waals surface area contributed by atoms with Crippen LogP contribution in [0.15, 0.2) is 12.3 Å². The summed E-state index contributed by atoms with van der Waals surface area (Å²) in [4.78, 5) is 13.5. The van der Waals surface area contributed by atoms with Crippen molar-refractivity contribution in [3.8, 4) is 0 Å². The molecular weight excluding hydrogens is 214 g/mol. The van der Waals surface area contributed by atoms with Crippen molar-refractivity contribution in [1.29, 1.82) is 0 Å². The van der Waals surface area contributed by atoms with E-state index in [1.807, 2.05) is 17.7 Å². The van der Waals surface area contributed by atoms with Crippen molar-refractivity contribution in [1.82, 2.24) is 9.78 Å². The molecule has 1 amide bonds. The molecule has 0 radical (unpaired) electrons. The summed E-state index contributed by atoms with van der Waals surface area (Å²) >= 11 is 5.77. The molecule has 1 aliphatic heterocycles. The van der Waals surface area contributed by atoms with Gasteiger partial charge in [-0.25, -0.2) is 4.68 Å². The van der Waals surface area contributed by atoms with E-state index < -0.39 is 0 Å². The number of carbonyl (C=O) groups excluding carboxylic acids is 1. The summed E-state index contributed by atoms with van der Waals surface area (Å²) in [6, 6.07) is 1.87. The van der Waals surface area contributed by atoms with Gasteiger partial charge in [-0.05, 0) is 12.8 Å². The quantitative estimate of drug-likeness (QED) is 0.734. The third kappa shape index (κ3) is 1.86. The normalized spacial score (nSPS) is 21.3. The zero-order valence-corrected chi connectivity index (χ0v) is 9.44. The molecule has 0 spiro atoms. The highest BCUT2D eigenvalue weighted by molar-refractivity contribution is 6.18. The molecule has 1 unspecified atom stereocenters. The maximum atomic E-state index is 11.7. The lowest BCUT2D eigenvalue weighted by atomic mass is 10.2. The predicted octanol–water partition coefficient (Wildman–Crippen LogP) is 1.49. The number of halogens is 1. The number of carbonyl (C=O) groups is 1. The number of aryl methyl sites for hydroxylation is 1. The first-order valence-corrected chi connectivity index (χ1v) is 5.67. The minimum Gasteiger partial charge on any atom is -0.297 e. The lowest BCUT2D eigenvalue weighted by Crippen LogP contribution is -2.27. The van der Waals surface area contributed by atoms with E-state index >= 15 is 0 Å². The van der Waals surface area contributed by atoms with Gasteiger partial charge in [0, 0.05) is 31.5 Å². The van der Waals surface area contributed by atoms with Crippen molar-refractivity contribution in [2.24, 2.45) is 5.92 Å². The fraction of sp³-hybridized carbons (Fsp3) is 0.600. The highest BCUT2D eigenvalue weighted by Gasteiger charge is 2.31. The molecule has 2 rings (SSSR count). The third-order valence-corrected chi connectivity index (χ3v) is 3.13. The van der Waals surface area contributed by atoms with E-state index in [0.29, 0.717) is 18.8 Å². The highest BCUT2D eigenvalue weighted by atomic mass is 35.5. The Kier molecular flexibility index (Phi) is 2.95. The van der Waals surface area contributed by atoms with Crippen molar-refractivity contribution in [2.75, 3.05) is 17.3 Å². The first-order chi connectivity index (χ1) is 7.26. The van der Waals surface area contributed by atoms with Crippen LogP contribution in [0.2, 0.25) is 0 Å². The number of alkyl halides is 1. The van der Waals surface area contributed by atoms with Gasteiger partial charge in [0.25, 0.3) is 0 Å². The van der Waals surface area contributed by atoms with Gasteiger partial charge >= 0.3 is 0 Å². The van der Waals surface area contributed by atoms with Crippen LogP contribution in [0.3, 0.4) is 0 Å². The highest BCUT2D eigenvalue weighted by Crippen LogP contribution is 2.25. The van der Waals surface area contributed by atoms with Gasteiger partial charge in [-0.3, -0.25) is 9.69 Å². The summed E-state index contributed by atoms with van der Waals surface area (Å²) in [5, 5.41) is 4.15. The summed E-state index contributed by atoms with van der Waals surface area (Å²) in [5.41, 5.74) is 0. The summed E-state index contributed by atoms with van der Waals surface area (Å²) in [5.74, 6) is 1.85. The standard InChI is InChI=1S/C10H14ClN3O/c1-2-14-9(3-4-12-14)13-7-8(6-11)5-10(13)15/h3-4,8H,2,5-7H2,1H3. The first-order valence-electron chi connectivity index (χ1n) is 5.14. The molecule has 0 saturated carbocycles. The number of hydrogen-bond acceptors (Lipinski definition) is 2. The molecule has 0 N–H and O–H groups in total. The second-order valence-electron chi connectivity index (χ2n) is 3.73. The van der Waals surface area contributed by atoms with Crippen LogP contribution in [0.4, 0.5) is 5.82 Å². The van der Waals surface area contributed by atoms with Gasteiger partial charge in [0.15, 0.2) is 0 Å². The smallest absolute Gasteiger partial charge is 0.228 e. The Bertz CT molecular complexity index is 363. The summed E-state index contributed by atoms with van der Waals surface area (Å²) < 4.78 is 1.83. The lowest BCUT2D eigenvalue weighted by molar-refractivity contribution is -0.117. The molecule has 1 aromatic heterocycles. The number of anilines is 1. The van der Waals surface area contributed by atoms with Crippen LogP contribution >= 0.6 is 11.6 Å². The Labute approximate surface area is 93.8 Å². The van der Waals surface area contributed by atoms with Gasteiger partial charge < -0.3 is 0 Å². The Morgan fingerprint density at radius 1 is 1.67 bits per heavy atom. The third-order valence-electron chi connectivity index (χ3n) is 2.69. The molecular formula is C10H14ClN3O. The lowest BCUT2D eigenvalue weighted by Gasteiger charge is -2.16. The molecule has 2 heterocycles. The fourth-order valence-corrected chi connectivity index (χ4v) is 2.11. The molecule has 1 aromatic rings. The Hall–Kier alpha value is -1.03. The van der Waals surface area contributed by atoms with Crippen LogP contribution < -0.4 is 4.90 Å². The maximum Gasteiger partial charge on any atom is 0.228 e. The number of aromatic nitrogens is 2. The molecule has 1 aliphatic rings. The molecule has 1 fully saturated rings. The van der Waals surface area contributed by atoms with Gasteiger partial charge in [-0.15, -0.1) is 11.6 Å². The van der Waals surface area contributed by atoms with Gasteiger partial charge in [-0.1, -0.05) is 0 Å². The molecule has 0 aliphatic carbocycles. The number of rotatable bonds is 3. The van der Waals surface area contributed by atoms with Crippen molar-refractivity contribution in [3.05, 3.63) is 12.3 Å². The molecule has 0 aromatic carbocycles. The predicted molar refractivity (Wildman–Crippen MR) is 59.1 cm³/mol. The van der Waals surface area contributed by atoms with Crippen LogP contribution in [0, 0.1) is 5.92 Å². The average molecular weight is 228 g/mol. The molecule has 1 atom stereocenters. The zero-order valence-electron chi connectivity index (χ0n) is 8.69. The Morgan fingerprint density at radius 2 is 2.47 bits per heavy atom. The van der Waals surface area contributed by atoms with Crippen LogP contribution in [0.25, 0.3) is 0 Å². The summed E-state index contributed by atoms with van der Waals surface area (Å²) in [7, 11) is 0. The topological polar surface area (TPSA) is 38.1 Å². The van der Waals surface area contributed by atoms with Crippen molar-refractivity contribution < 1.29 is 4.79 Å². The Morgan fingerprint density at radius 3 is 3.07 bits per heavy atom. The van der Waals surface area contributed by atoms with Crippen molar-refractivity contribution >= 4 is 23.3 Å². The van der Waals surface area contributed by atoms with E-state index in [4.69, 9.17) is 11.6 Å². The number of amides is 1. The monoisotopic (exact) mass is 227 g/mol. The van der Waals surface area contributed by atoms with Crippen LogP contribution in [-0.2, 0) is 11.3 Å². The van der Waals surface area contributed by atoms with Crippen LogP contribution in [0.1, 0.15) is 13.3 Å². The van der Waals surface area contributed by atoms with E-state index in [1.165, 1.54) is 0 Å². The van der Waals surface area contributed by atoms with Crippen molar-refractivity contribution in [2.45, 2.75) is 19.9 Å². The van der Waals surface area contributed by atoms with Gasteiger partial charge in [0.1, 0.15) is 5.82 Å². The van der Waals surface area contributed by atoms with Gasteiger partial charge in [-0.2, -0.15) is 5.10 Å². The van der Waals surface area contributed by atoms with E-state index in [1.54, 1.807) is 11.1 Å². The first kappa shape index (κ1) is 10.5. The van der Waals surface area contributed by atoms with E-state index in [0.717, 1.165) is 12.4 Å². The van der Waals surface area contributed by atoms with Gasteiger partial charge in [0.2, 0.25) is 5.91 Å². The second kappa shape index (κ2) is 4.23. The molecule has 5 heteroatoms. The second-order valence-corrected chi connectivity index (χ2v) is 4.04. The van der Waals surface area contributed by atoms with Crippen LogP contribution in [0.5, 0.6) is 0 Å². The average Bonchev–Trinajstić information content (AvgIpc) is 2.82. The molecule has 0 bridgehead atoms. The minimum atomic E-state index is 0.149. The number of nitrogens with zero attached hydrogens (tertiary/aromatic N) is 3. The van der Waals surface area contributed by atoms with E-state index in [9.17, 15) is 4.79 Å². The molecule has 15 heavy (non-hydrogen) atoms. The molecule has 82 valence electrons. The summed E-state index contributed by atoms with van der Waals surface area (Å²) in [6.45, 7) is 3.50. The van der Waals surface area contributed by atoms with E-state index in [2.05, 4.69) is 5.10 Å². The minimum absolute atomic E-state index is 0.149. The number of hydrogen-bond donors (Lipinski definition) is 0.